The van der Waals surface area contributed by atoms with Crippen LogP contribution in [0.5, 0.6) is 5.88 Å². The molecule has 3 aromatic rings. The maximum absolute atomic E-state index is 13.5. The Balaban J connectivity index is 1.96. The van der Waals surface area contributed by atoms with Crippen LogP contribution < -0.4 is 20.7 Å². The Kier molecular flexibility index (Phi) is 10.8. The molecule has 2 aromatic carbocycles. The van der Waals surface area contributed by atoms with Gasteiger partial charge in [-0.1, -0.05) is 18.2 Å². The first kappa shape index (κ1) is 33.0. The van der Waals surface area contributed by atoms with Crippen LogP contribution in [0.15, 0.2) is 48.7 Å². The van der Waals surface area contributed by atoms with E-state index in [9.17, 15) is 19.5 Å². The number of aromatic nitrogens is 1. The third-order valence-electron chi connectivity index (χ3n) is 6.49. The number of rotatable bonds is 11. The molecule has 0 aliphatic rings. The number of aliphatic carboxylic acids is 1. The maximum atomic E-state index is 13.5. The summed E-state index contributed by atoms with van der Waals surface area (Å²) in [7, 11) is 3.13. The van der Waals surface area contributed by atoms with Gasteiger partial charge in [-0.3, -0.25) is 4.79 Å². The van der Waals surface area contributed by atoms with E-state index in [1.807, 2.05) is 26.0 Å². The van der Waals surface area contributed by atoms with Crippen molar-refractivity contribution in [2.75, 3.05) is 24.9 Å². The molecule has 11 heteroatoms. The number of methoxy groups -OCH3 is 2. The highest BCUT2D eigenvalue weighted by molar-refractivity contribution is 6.08. The van der Waals surface area contributed by atoms with E-state index in [0.717, 1.165) is 16.7 Å². The zero-order chi connectivity index (χ0) is 31.9. The summed E-state index contributed by atoms with van der Waals surface area (Å²) in [5.41, 5.74) is 4.27. The Labute approximate surface area is 252 Å². The van der Waals surface area contributed by atoms with Crippen molar-refractivity contribution in [3.05, 3.63) is 70.9 Å². The van der Waals surface area contributed by atoms with Gasteiger partial charge in [0.15, 0.2) is 6.04 Å². The highest BCUT2D eigenvalue weighted by atomic mass is 16.5. The van der Waals surface area contributed by atoms with Crippen LogP contribution in [-0.2, 0) is 20.9 Å². The Bertz CT molecular complexity index is 1440. The number of hydrogen-bond donors (Lipinski definition) is 4. The number of hydrogen-bond acceptors (Lipinski definition) is 7. The van der Waals surface area contributed by atoms with E-state index in [4.69, 9.17) is 14.2 Å². The van der Waals surface area contributed by atoms with Gasteiger partial charge in [-0.25, -0.2) is 14.6 Å². The number of nitrogens with one attached hydrogen (secondary N) is 3. The first-order valence-electron chi connectivity index (χ1n) is 13.8. The van der Waals surface area contributed by atoms with Gasteiger partial charge >= 0.3 is 12.0 Å². The summed E-state index contributed by atoms with van der Waals surface area (Å²) in [6, 6.07) is 10.3. The molecule has 0 radical (unpaired) electrons. The number of ether oxygens (including phenoxy) is 3. The number of benzene rings is 2. The minimum atomic E-state index is -1.34. The molecule has 0 aliphatic carbocycles. The van der Waals surface area contributed by atoms with E-state index in [2.05, 4.69) is 20.9 Å². The average Bonchev–Trinajstić information content (AvgIpc) is 2.92. The second-order valence-corrected chi connectivity index (χ2v) is 11.2. The Morgan fingerprint density at radius 1 is 0.953 bits per heavy atom. The molecule has 3 rings (SSSR count). The van der Waals surface area contributed by atoms with Gasteiger partial charge in [-0.05, 0) is 82.0 Å². The van der Waals surface area contributed by atoms with Crippen molar-refractivity contribution in [3.63, 3.8) is 0 Å². The summed E-state index contributed by atoms with van der Waals surface area (Å²) in [5, 5.41) is 18.1. The molecule has 230 valence electrons. The number of anilines is 2. The molecule has 11 nitrogen and oxygen atoms in total. The lowest BCUT2D eigenvalue weighted by atomic mass is 10.0. The molecule has 1 aromatic heterocycles. The first-order valence-corrected chi connectivity index (χ1v) is 13.8. The highest BCUT2D eigenvalue weighted by Crippen LogP contribution is 2.28. The summed E-state index contributed by atoms with van der Waals surface area (Å²) in [5.74, 6) is -1.50. The van der Waals surface area contributed by atoms with Crippen LogP contribution in [0.1, 0.15) is 54.7 Å². The molecular formula is C32H40N4O7. The van der Waals surface area contributed by atoms with Gasteiger partial charge < -0.3 is 35.3 Å². The van der Waals surface area contributed by atoms with Gasteiger partial charge in [-0.2, -0.15) is 0 Å². The number of pyridine rings is 1. The van der Waals surface area contributed by atoms with Gasteiger partial charge in [-0.15, -0.1) is 0 Å². The number of amides is 3. The largest absolute Gasteiger partial charge is 0.481 e. The molecule has 1 heterocycles. The second-order valence-electron chi connectivity index (χ2n) is 11.2. The van der Waals surface area contributed by atoms with E-state index < -0.39 is 35.7 Å². The second kappa shape index (κ2) is 14.1. The van der Waals surface area contributed by atoms with Crippen LogP contribution in [0.25, 0.3) is 11.1 Å². The molecule has 3 amide bonds. The van der Waals surface area contributed by atoms with Crippen molar-refractivity contribution in [1.29, 1.82) is 0 Å². The maximum Gasteiger partial charge on any atom is 0.328 e. The van der Waals surface area contributed by atoms with E-state index in [1.54, 1.807) is 65.3 Å². The predicted octanol–water partition coefficient (Wildman–Crippen LogP) is 5.55. The molecule has 0 unspecified atom stereocenters. The Morgan fingerprint density at radius 3 is 2.14 bits per heavy atom. The van der Waals surface area contributed by atoms with Gasteiger partial charge in [0.2, 0.25) is 5.88 Å². The Hall–Kier alpha value is -4.48. The molecule has 0 bridgehead atoms. The summed E-state index contributed by atoms with van der Waals surface area (Å²) >= 11 is 0. The van der Waals surface area contributed by atoms with E-state index in [1.165, 1.54) is 13.2 Å². The lowest BCUT2D eigenvalue weighted by Gasteiger charge is -2.29. The monoisotopic (exact) mass is 592 g/mol. The standard InChI is InChI=1S/C32H40N4O7/c1-18-13-21(17-41-7)14-19(2)27(18)36-31(40)34-25-15-22(23-10-12-26(42-8)33-16-23)9-11-24(25)29(37)35-28(30(38)39)20(3)43-32(4,5)6/h9-16,20,28H,17H2,1-8H3,(H,35,37)(H,38,39)(H2,34,36,40)/t20-,28-/m0/s1. The van der Waals surface area contributed by atoms with E-state index in [0.29, 0.717) is 29.3 Å². The number of urea groups is 1. The molecule has 0 saturated carbocycles. The predicted molar refractivity (Wildman–Crippen MR) is 165 cm³/mol. The lowest BCUT2D eigenvalue weighted by molar-refractivity contribution is -0.146. The van der Waals surface area contributed by atoms with Crippen molar-refractivity contribution in [1.82, 2.24) is 10.3 Å². The van der Waals surface area contributed by atoms with Crippen LogP contribution in [-0.4, -0.2) is 60.0 Å². The molecule has 0 aliphatic heterocycles. The third-order valence-corrected chi connectivity index (χ3v) is 6.49. The zero-order valence-electron chi connectivity index (χ0n) is 25.8. The molecule has 43 heavy (non-hydrogen) atoms. The fourth-order valence-electron chi connectivity index (χ4n) is 4.69. The number of nitrogens with zero attached hydrogens (tertiary/aromatic N) is 1. The summed E-state index contributed by atoms with van der Waals surface area (Å²) < 4.78 is 16.2. The van der Waals surface area contributed by atoms with Crippen LogP contribution in [0.4, 0.5) is 16.2 Å². The van der Waals surface area contributed by atoms with Crippen molar-refractivity contribution >= 4 is 29.3 Å². The Morgan fingerprint density at radius 2 is 1.60 bits per heavy atom. The fourth-order valence-corrected chi connectivity index (χ4v) is 4.69. The zero-order valence-corrected chi connectivity index (χ0v) is 25.8. The molecule has 0 saturated heterocycles. The van der Waals surface area contributed by atoms with E-state index >= 15 is 0 Å². The van der Waals surface area contributed by atoms with Crippen molar-refractivity contribution in [2.24, 2.45) is 0 Å². The quantitative estimate of drug-likeness (QED) is 0.227. The van der Waals surface area contributed by atoms with Gasteiger partial charge in [0.1, 0.15) is 0 Å². The van der Waals surface area contributed by atoms with Crippen molar-refractivity contribution in [3.8, 4) is 17.0 Å². The SMILES string of the molecule is COCc1cc(C)c(NC(=O)Nc2cc(-c3ccc(OC)nc3)ccc2C(=O)N[C@H](C(=O)O)[C@H](C)OC(C)(C)C)c(C)c1. The molecule has 4 N–H and O–H groups in total. The smallest absolute Gasteiger partial charge is 0.328 e. The topological polar surface area (TPSA) is 148 Å². The molecule has 0 spiro atoms. The summed E-state index contributed by atoms with van der Waals surface area (Å²) in [4.78, 5) is 43.1. The highest BCUT2D eigenvalue weighted by Gasteiger charge is 2.31. The number of carbonyl (C=O) groups excluding carboxylic acids is 2. The number of carbonyl (C=O) groups is 3. The minimum Gasteiger partial charge on any atom is -0.481 e. The van der Waals surface area contributed by atoms with Crippen molar-refractivity contribution in [2.45, 2.75) is 65.9 Å². The number of carboxylic acid groups (broad SMARTS) is 1. The number of aryl methyl sites for hydroxylation is 2. The fraction of sp³-hybridized carbons (Fsp3) is 0.375. The molecule has 0 fully saturated rings. The minimum absolute atomic E-state index is 0.0680. The number of carboxylic acids is 1. The van der Waals surface area contributed by atoms with Gasteiger partial charge in [0, 0.05) is 30.6 Å². The molecule has 2 atom stereocenters. The van der Waals surface area contributed by atoms with Gasteiger partial charge in [0.25, 0.3) is 5.91 Å². The van der Waals surface area contributed by atoms with Crippen molar-refractivity contribution < 1.29 is 33.7 Å². The summed E-state index contributed by atoms with van der Waals surface area (Å²) in [6.45, 7) is 11.2. The van der Waals surface area contributed by atoms with E-state index in [-0.39, 0.29) is 11.3 Å². The van der Waals surface area contributed by atoms with Crippen LogP contribution in [0.2, 0.25) is 0 Å². The molecular weight excluding hydrogens is 552 g/mol. The first-order chi connectivity index (χ1) is 20.2. The van der Waals surface area contributed by atoms with Crippen LogP contribution in [0, 0.1) is 13.8 Å². The van der Waals surface area contributed by atoms with Crippen LogP contribution in [0.3, 0.4) is 0 Å². The van der Waals surface area contributed by atoms with Gasteiger partial charge in [0.05, 0.1) is 36.7 Å². The summed E-state index contributed by atoms with van der Waals surface area (Å²) in [6.07, 6.45) is 0.774. The third kappa shape index (κ3) is 9.00. The normalized spacial score (nSPS) is 12.7. The average molecular weight is 593 g/mol. The van der Waals surface area contributed by atoms with Crippen LogP contribution >= 0.6 is 0 Å². The lowest BCUT2D eigenvalue weighted by Crippen LogP contribution is -2.50.